The lowest BCUT2D eigenvalue weighted by molar-refractivity contribution is -0.174. The molecule has 0 aromatic carbocycles. The van der Waals surface area contributed by atoms with Crippen LogP contribution in [0.4, 0.5) is 0 Å². The van der Waals surface area contributed by atoms with Crippen LogP contribution in [0.5, 0.6) is 0 Å². The van der Waals surface area contributed by atoms with Gasteiger partial charge >= 0.3 is 11.9 Å². The van der Waals surface area contributed by atoms with Gasteiger partial charge in [-0.25, -0.2) is 0 Å². The van der Waals surface area contributed by atoms with Gasteiger partial charge in [0.2, 0.25) is 0 Å². The lowest BCUT2D eigenvalue weighted by atomic mass is 9.82. The van der Waals surface area contributed by atoms with Crippen molar-refractivity contribution in [3.63, 3.8) is 0 Å². The van der Waals surface area contributed by atoms with Crippen LogP contribution in [-0.2, 0) is 19.1 Å². The third-order valence-electron chi connectivity index (χ3n) is 6.68. The summed E-state index contributed by atoms with van der Waals surface area (Å²) in [6.45, 7) is 15.4. The molecule has 1 unspecified atom stereocenters. The Kier molecular flexibility index (Phi) is 17.7. The van der Waals surface area contributed by atoms with Gasteiger partial charge in [0.25, 0.3) is 0 Å². The highest BCUT2D eigenvalue weighted by Crippen LogP contribution is 2.31. The molecular formula is C29H56O4. The van der Waals surface area contributed by atoms with Crippen molar-refractivity contribution in [2.45, 2.75) is 145 Å². The minimum atomic E-state index is -1.17. The second-order valence-electron chi connectivity index (χ2n) is 11.3. The number of ether oxygens (including phenoxy) is 2. The number of hydrogen-bond acceptors (Lipinski definition) is 4. The maximum atomic E-state index is 12.8. The average molecular weight is 469 g/mol. The highest BCUT2D eigenvalue weighted by Gasteiger charge is 2.46. The molecule has 4 nitrogen and oxygen atoms in total. The van der Waals surface area contributed by atoms with Crippen LogP contribution in [0, 0.1) is 16.7 Å². The molecule has 0 radical (unpaired) electrons. The molecule has 0 N–H and O–H groups in total. The first-order chi connectivity index (χ1) is 15.6. The molecule has 0 bridgehead atoms. The van der Waals surface area contributed by atoms with Crippen molar-refractivity contribution >= 4 is 11.9 Å². The van der Waals surface area contributed by atoms with Gasteiger partial charge in [0.05, 0.1) is 13.2 Å². The molecule has 0 aromatic heterocycles. The van der Waals surface area contributed by atoms with Gasteiger partial charge in [-0.15, -0.1) is 0 Å². The molecule has 0 aliphatic heterocycles. The Morgan fingerprint density at radius 3 is 1.52 bits per heavy atom. The number of carbonyl (C=O) groups is 2. The zero-order valence-electron chi connectivity index (χ0n) is 23.2. The van der Waals surface area contributed by atoms with Gasteiger partial charge in [-0.1, -0.05) is 119 Å². The number of hydrogen-bond donors (Lipinski definition) is 0. The van der Waals surface area contributed by atoms with Crippen LogP contribution in [0.25, 0.3) is 0 Å². The van der Waals surface area contributed by atoms with Crippen molar-refractivity contribution in [2.75, 3.05) is 13.2 Å². The fourth-order valence-electron chi connectivity index (χ4n) is 4.62. The Hall–Kier alpha value is -1.06. The van der Waals surface area contributed by atoms with E-state index in [0.717, 1.165) is 19.3 Å². The van der Waals surface area contributed by atoms with Crippen LogP contribution < -0.4 is 0 Å². The Labute approximate surface area is 206 Å². The molecule has 0 aliphatic carbocycles. The summed E-state index contributed by atoms with van der Waals surface area (Å²) in [5, 5.41) is 0. The highest BCUT2D eigenvalue weighted by atomic mass is 16.6. The van der Waals surface area contributed by atoms with E-state index in [2.05, 4.69) is 34.6 Å². The van der Waals surface area contributed by atoms with Crippen LogP contribution in [0.3, 0.4) is 0 Å². The molecule has 0 heterocycles. The Bertz CT molecular complexity index is 502. The van der Waals surface area contributed by atoms with Crippen molar-refractivity contribution in [1.29, 1.82) is 0 Å². The van der Waals surface area contributed by atoms with Crippen molar-refractivity contribution in [3.05, 3.63) is 0 Å². The fraction of sp³-hybridized carbons (Fsp3) is 0.931. The molecule has 196 valence electrons. The summed E-state index contributed by atoms with van der Waals surface area (Å²) in [7, 11) is 0. The monoisotopic (exact) mass is 468 g/mol. The van der Waals surface area contributed by atoms with E-state index in [1.54, 1.807) is 0 Å². The molecule has 4 heteroatoms. The summed E-state index contributed by atoms with van der Waals surface area (Å²) in [6.07, 6.45) is 17.0. The van der Waals surface area contributed by atoms with E-state index < -0.39 is 17.4 Å². The molecule has 0 saturated heterocycles. The number of unbranched alkanes of at least 4 members (excludes halogenated alkanes) is 11. The molecular weight excluding hydrogens is 412 g/mol. The predicted octanol–water partition coefficient (Wildman–Crippen LogP) is 8.65. The summed E-state index contributed by atoms with van der Waals surface area (Å²) in [4.78, 5) is 25.7. The molecule has 0 aliphatic rings. The van der Waals surface area contributed by atoms with Crippen molar-refractivity contribution in [3.8, 4) is 0 Å². The van der Waals surface area contributed by atoms with Crippen molar-refractivity contribution in [1.82, 2.24) is 0 Å². The normalized spacial score (nSPS) is 13.1. The quantitative estimate of drug-likeness (QED) is 0.102. The van der Waals surface area contributed by atoms with Gasteiger partial charge in [-0.3, -0.25) is 9.59 Å². The number of rotatable bonds is 20. The van der Waals surface area contributed by atoms with E-state index in [9.17, 15) is 9.59 Å². The topological polar surface area (TPSA) is 52.6 Å². The Morgan fingerprint density at radius 1 is 0.667 bits per heavy atom. The lowest BCUT2D eigenvalue weighted by Crippen LogP contribution is -2.41. The Morgan fingerprint density at radius 2 is 1.09 bits per heavy atom. The first-order valence-corrected chi connectivity index (χ1v) is 14.0. The van der Waals surface area contributed by atoms with Gasteiger partial charge in [0, 0.05) is 0 Å². The summed E-state index contributed by atoms with van der Waals surface area (Å²) in [5.74, 6) is -0.575. The highest BCUT2D eigenvalue weighted by molar-refractivity contribution is 6.00. The van der Waals surface area contributed by atoms with E-state index in [4.69, 9.17) is 9.47 Å². The SMILES string of the molecule is CCCCCCCCCCCCCCOC(=O)C(CC)(CC)C(=O)OCC(C)CC(C)(C)C. The molecule has 0 rings (SSSR count). The van der Waals surface area contributed by atoms with E-state index in [1.807, 2.05) is 13.8 Å². The smallest absolute Gasteiger partial charge is 0.323 e. The van der Waals surface area contributed by atoms with Gasteiger partial charge in [-0.05, 0) is 37.0 Å². The second kappa shape index (κ2) is 18.3. The molecule has 0 aromatic rings. The standard InChI is InChI=1S/C29H56O4/c1-8-11-12-13-14-15-16-17-18-19-20-21-22-32-26(30)29(9-2,10-3)27(31)33-24-25(4)23-28(5,6)7/h25H,8-24H2,1-7H3. The first-order valence-electron chi connectivity index (χ1n) is 14.0. The van der Waals surface area contributed by atoms with Crippen LogP contribution in [0.1, 0.15) is 145 Å². The molecule has 1 atom stereocenters. The zero-order chi connectivity index (χ0) is 25.2. The number of carbonyl (C=O) groups excluding carboxylic acids is 2. The third kappa shape index (κ3) is 14.7. The summed E-state index contributed by atoms with van der Waals surface area (Å²) < 4.78 is 11.1. The lowest BCUT2D eigenvalue weighted by Gasteiger charge is -2.28. The maximum absolute atomic E-state index is 12.8. The molecule has 0 spiro atoms. The molecule has 0 fully saturated rings. The third-order valence-corrected chi connectivity index (χ3v) is 6.68. The van der Waals surface area contributed by atoms with E-state index in [-0.39, 0.29) is 11.3 Å². The average Bonchev–Trinajstić information content (AvgIpc) is 2.75. The number of esters is 2. The zero-order valence-corrected chi connectivity index (χ0v) is 23.2. The first kappa shape index (κ1) is 31.9. The Balaban J connectivity index is 4.13. The summed E-state index contributed by atoms with van der Waals surface area (Å²) in [5.41, 5.74) is -0.982. The largest absolute Gasteiger partial charge is 0.465 e. The van der Waals surface area contributed by atoms with Crippen molar-refractivity contribution in [2.24, 2.45) is 16.7 Å². The van der Waals surface area contributed by atoms with Crippen LogP contribution >= 0.6 is 0 Å². The maximum Gasteiger partial charge on any atom is 0.323 e. The van der Waals surface area contributed by atoms with E-state index in [0.29, 0.717) is 26.1 Å². The predicted molar refractivity (Wildman–Crippen MR) is 139 cm³/mol. The minimum absolute atomic E-state index is 0.186. The summed E-state index contributed by atoms with van der Waals surface area (Å²) >= 11 is 0. The van der Waals surface area contributed by atoms with Gasteiger partial charge in [-0.2, -0.15) is 0 Å². The second-order valence-corrected chi connectivity index (χ2v) is 11.3. The van der Waals surface area contributed by atoms with Crippen LogP contribution in [0.2, 0.25) is 0 Å². The summed E-state index contributed by atoms with van der Waals surface area (Å²) in [6, 6.07) is 0. The van der Waals surface area contributed by atoms with Crippen molar-refractivity contribution < 1.29 is 19.1 Å². The fourth-order valence-corrected chi connectivity index (χ4v) is 4.62. The minimum Gasteiger partial charge on any atom is -0.465 e. The van der Waals surface area contributed by atoms with E-state index in [1.165, 1.54) is 64.2 Å². The molecule has 0 amide bonds. The van der Waals surface area contributed by atoms with Gasteiger partial charge < -0.3 is 9.47 Å². The van der Waals surface area contributed by atoms with Crippen LogP contribution in [-0.4, -0.2) is 25.2 Å². The van der Waals surface area contributed by atoms with Gasteiger partial charge in [0.1, 0.15) is 0 Å². The molecule has 0 saturated carbocycles. The molecule has 33 heavy (non-hydrogen) atoms. The van der Waals surface area contributed by atoms with Gasteiger partial charge in [0.15, 0.2) is 5.41 Å². The van der Waals surface area contributed by atoms with Crippen LogP contribution in [0.15, 0.2) is 0 Å². The van der Waals surface area contributed by atoms with E-state index >= 15 is 0 Å².